The fourth-order valence-corrected chi connectivity index (χ4v) is 5.21. The van der Waals surface area contributed by atoms with Crippen molar-refractivity contribution < 1.29 is 9.13 Å². The zero-order valence-corrected chi connectivity index (χ0v) is 19.4. The van der Waals surface area contributed by atoms with Crippen molar-refractivity contribution in [3.8, 4) is 0 Å². The lowest BCUT2D eigenvalue weighted by atomic mass is 9.79. The van der Waals surface area contributed by atoms with E-state index in [1.54, 1.807) is 6.07 Å². The number of hydrogen-bond acceptors (Lipinski definition) is 7. The first kappa shape index (κ1) is 22.3. The van der Waals surface area contributed by atoms with Crippen LogP contribution in [-0.2, 0) is 10.3 Å². The van der Waals surface area contributed by atoms with E-state index in [1.807, 2.05) is 6.07 Å². The van der Waals surface area contributed by atoms with Gasteiger partial charge in [0.25, 0.3) is 0 Å². The van der Waals surface area contributed by atoms with Crippen LogP contribution in [-0.4, -0.2) is 66.2 Å². The molecule has 0 radical (unpaired) electrons. The van der Waals surface area contributed by atoms with Gasteiger partial charge in [-0.15, -0.1) is 0 Å². The van der Waals surface area contributed by atoms with E-state index >= 15 is 0 Å². The van der Waals surface area contributed by atoms with Crippen LogP contribution in [0.5, 0.6) is 0 Å². The van der Waals surface area contributed by atoms with Crippen molar-refractivity contribution in [1.29, 1.82) is 0 Å². The third-order valence-corrected chi connectivity index (χ3v) is 7.21. The molecular weight excluding hydrogens is 443 g/mol. The summed E-state index contributed by atoms with van der Waals surface area (Å²) in [5.41, 5.74) is 9.83. The molecule has 3 heterocycles. The summed E-state index contributed by atoms with van der Waals surface area (Å²) < 4.78 is 19.3. The minimum absolute atomic E-state index is 0.0498. The van der Waals surface area contributed by atoms with Crippen molar-refractivity contribution in [1.82, 2.24) is 19.8 Å². The number of ether oxygens (including phenoxy) is 1. The van der Waals surface area contributed by atoms with E-state index in [0.29, 0.717) is 24.7 Å². The summed E-state index contributed by atoms with van der Waals surface area (Å²) in [6, 6.07) is 8.54. The SMILES string of the molecule is CN1CCN(C2(c3cc4ncnc(Nc5ccc(F)c(Cl)c5)c4cc3N)CCOCC2)CC1. The third kappa shape index (κ3) is 4.24. The molecule has 0 unspecified atom stereocenters. The normalized spacial score (nSPS) is 19.6. The lowest BCUT2D eigenvalue weighted by molar-refractivity contribution is -0.0480. The van der Waals surface area contributed by atoms with Gasteiger partial charge in [-0.25, -0.2) is 14.4 Å². The van der Waals surface area contributed by atoms with E-state index in [9.17, 15) is 4.39 Å². The van der Waals surface area contributed by atoms with Crippen LogP contribution in [0.2, 0.25) is 5.02 Å². The number of nitrogen functional groups attached to an aromatic ring is 1. The molecule has 0 saturated carbocycles. The van der Waals surface area contributed by atoms with Crippen molar-refractivity contribution in [3.63, 3.8) is 0 Å². The lowest BCUT2D eigenvalue weighted by Gasteiger charge is -2.50. The molecule has 5 rings (SSSR count). The smallest absolute Gasteiger partial charge is 0.141 e. The van der Waals surface area contributed by atoms with Crippen LogP contribution in [0.4, 0.5) is 21.6 Å². The molecule has 2 aliphatic rings. The van der Waals surface area contributed by atoms with Crippen molar-refractivity contribution in [2.24, 2.45) is 0 Å². The molecule has 2 saturated heterocycles. The first-order chi connectivity index (χ1) is 16.0. The molecule has 3 N–H and O–H groups in total. The number of nitrogens with two attached hydrogens (primary N) is 1. The first-order valence-electron chi connectivity index (χ1n) is 11.2. The zero-order valence-electron chi connectivity index (χ0n) is 18.7. The Hall–Kier alpha value is -2.52. The standard InChI is InChI=1S/C24H28ClFN6O/c1-31-6-8-32(9-7-31)24(4-10-33-11-5-24)18-14-22-17(13-21(18)27)23(29-15-28-22)30-16-2-3-20(26)19(25)12-16/h2-3,12-15H,4-11,27H2,1H3,(H,28,29,30). The van der Waals surface area contributed by atoms with E-state index in [0.717, 1.165) is 61.2 Å². The summed E-state index contributed by atoms with van der Waals surface area (Å²) in [7, 11) is 2.16. The molecule has 1 aromatic heterocycles. The highest BCUT2D eigenvalue weighted by atomic mass is 35.5. The van der Waals surface area contributed by atoms with Crippen LogP contribution in [0, 0.1) is 5.82 Å². The monoisotopic (exact) mass is 470 g/mol. The summed E-state index contributed by atoms with van der Waals surface area (Å²) in [6.07, 6.45) is 3.33. The van der Waals surface area contributed by atoms with Gasteiger partial charge in [-0.05, 0) is 55.8 Å². The maximum Gasteiger partial charge on any atom is 0.141 e. The summed E-state index contributed by atoms with van der Waals surface area (Å²) in [6.45, 7) is 5.49. The number of aromatic nitrogens is 2. The van der Waals surface area contributed by atoms with Gasteiger partial charge >= 0.3 is 0 Å². The van der Waals surface area contributed by atoms with Gasteiger partial charge in [-0.1, -0.05) is 11.6 Å². The van der Waals surface area contributed by atoms with Crippen molar-refractivity contribution in [2.45, 2.75) is 18.4 Å². The predicted octanol–water partition coefficient (Wildman–Crippen LogP) is 4.00. The molecule has 2 fully saturated rings. The molecule has 33 heavy (non-hydrogen) atoms. The van der Waals surface area contributed by atoms with Gasteiger partial charge in [-0.2, -0.15) is 0 Å². The summed E-state index contributed by atoms with van der Waals surface area (Å²) in [4.78, 5) is 13.9. The number of likely N-dealkylation sites (N-methyl/N-ethyl adjacent to an activating group) is 1. The largest absolute Gasteiger partial charge is 0.398 e. The highest BCUT2D eigenvalue weighted by Crippen LogP contribution is 2.43. The van der Waals surface area contributed by atoms with Gasteiger partial charge in [0.2, 0.25) is 0 Å². The van der Waals surface area contributed by atoms with Crippen molar-refractivity contribution >= 4 is 39.7 Å². The molecule has 2 aromatic carbocycles. The van der Waals surface area contributed by atoms with Crippen LogP contribution in [0.1, 0.15) is 18.4 Å². The Kier molecular flexibility index (Phi) is 6.09. The van der Waals surface area contributed by atoms with Crippen LogP contribution >= 0.6 is 11.6 Å². The highest BCUT2D eigenvalue weighted by molar-refractivity contribution is 6.31. The van der Waals surface area contributed by atoms with Gasteiger partial charge in [0.05, 0.1) is 16.1 Å². The number of halogens is 2. The Morgan fingerprint density at radius 3 is 2.58 bits per heavy atom. The topological polar surface area (TPSA) is 79.5 Å². The maximum absolute atomic E-state index is 13.6. The molecule has 9 heteroatoms. The fourth-order valence-electron chi connectivity index (χ4n) is 5.03. The van der Waals surface area contributed by atoms with E-state index in [4.69, 9.17) is 22.1 Å². The maximum atomic E-state index is 13.6. The molecular formula is C24H28ClFN6O. The molecule has 0 atom stereocenters. The number of anilines is 3. The highest BCUT2D eigenvalue weighted by Gasteiger charge is 2.42. The Balaban J connectivity index is 1.55. The first-order valence-corrected chi connectivity index (χ1v) is 11.6. The molecule has 7 nitrogen and oxygen atoms in total. The Morgan fingerprint density at radius 1 is 1.09 bits per heavy atom. The quantitative estimate of drug-likeness (QED) is 0.558. The molecule has 174 valence electrons. The second-order valence-corrected chi connectivity index (χ2v) is 9.27. The Morgan fingerprint density at radius 2 is 1.85 bits per heavy atom. The van der Waals surface area contributed by atoms with Gasteiger partial charge in [0.15, 0.2) is 0 Å². The number of rotatable bonds is 4. The molecule has 2 aliphatic heterocycles. The molecule has 0 bridgehead atoms. The van der Waals surface area contributed by atoms with Crippen molar-refractivity contribution in [2.75, 3.05) is 57.5 Å². The molecule has 0 spiro atoms. The fraction of sp³-hybridized carbons (Fsp3) is 0.417. The average molecular weight is 471 g/mol. The van der Waals surface area contributed by atoms with Gasteiger partial charge in [0, 0.05) is 56.2 Å². The number of piperazine rings is 1. The number of nitrogens with one attached hydrogen (secondary N) is 1. The molecule has 0 amide bonds. The number of nitrogens with zero attached hydrogens (tertiary/aromatic N) is 4. The van der Waals surface area contributed by atoms with Crippen LogP contribution in [0.15, 0.2) is 36.7 Å². The average Bonchev–Trinajstić information content (AvgIpc) is 2.82. The van der Waals surface area contributed by atoms with Gasteiger partial charge in [-0.3, -0.25) is 4.90 Å². The van der Waals surface area contributed by atoms with Crippen molar-refractivity contribution in [3.05, 3.63) is 53.1 Å². The summed E-state index contributed by atoms with van der Waals surface area (Å²) in [5.74, 6) is 0.135. The van der Waals surface area contributed by atoms with E-state index < -0.39 is 5.82 Å². The minimum atomic E-state index is -0.464. The van der Waals surface area contributed by atoms with E-state index in [2.05, 4.69) is 38.2 Å². The zero-order chi connectivity index (χ0) is 23.0. The number of benzene rings is 2. The summed E-state index contributed by atoms with van der Waals surface area (Å²) in [5, 5.41) is 4.08. The summed E-state index contributed by atoms with van der Waals surface area (Å²) >= 11 is 5.94. The van der Waals surface area contributed by atoms with Gasteiger partial charge < -0.3 is 20.7 Å². The van der Waals surface area contributed by atoms with Crippen LogP contribution < -0.4 is 11.1 Å². The molecule has 0 aliphatic carbocycles. The van der Waals surface area contributed by atoms with Gasteiger partial charge in [0.1, 0.15) is 18.0 Å². The van der Waals surface area contributed by atoms with Crippen LogP contribution in [0.25, 0.3) is 10.9 Å². The Bertz CT molecular complexity index is 1160. The number of hydrogen-bond donors (Lipinski definition) is 2. The van der Waals surface area contributed by atoms with E-state index in [1.165, 1.54) is 18.5 Å². The van der Waals surface area contributed by atoms with Crippen LogP contribution in [0.3, 0.4) is 0 Å². The van der Waals surface area contributed by atoms with E-state index in [-0.39, 0.29) is 10.6 Å². The number of fused-ring (bicyclic) bond motifs is 1. The second-order valence-electron chi connectivity index (χ2n) is 8.87. The third-order valence-electron chi connectivity index (χ3n) is 6.92. The lowest BCUT2D eigenvalue weighted by Crippen LogP contribution is -2.56. The second kappa shape index (κ2) is 9.02. The Labute approximate surface area is 197 Å². The molecule has 3 aromatic rings. The minimum Gasteiger partial charge on any atom is -0.398 e. The predicted molar refractivity (Wildman–Crippen MR) is 129 cm³/mol.